The molecule has 136 valence electrons. The third kappa shape index (κ3) is 3.12. The maximum absolute atomic E-state index is 12.7. The third-order valence-corrected chi connectivity index (χ3v) is 6.43. The number of anilines is 1. The Labute approximate surface area is 158 Å². The van der Waals surface area contributed by atoms with Crippen LogP contribution in [0.1, 0.15) is 32.1 Å². The minimum absolute atomic E-state index is 0.282. The van der Waals surface area contributed by atoms with Gasteiger partial charge in [0, 0.05) is 5.38 Å². The second-order valence-corrected chi connectivity index (χ2v) is 8.33. The van der Waals surface area contributed by atoms with Gasteiger partial charge in [-0.3, -0.25) is 14.5 Å². The van der Waals surface area contributed by atoms with Gasteiger partial charge in [0.1, 0.15) is 12.1 Å². The quantitative estimate of drug-likeness (QED) is 0.785. The molecule has 2 aromatic heterocycles. The monoisotopic (exact) mass is 390 g/mol. The first-order valence-corrected chi connectivity index (χ1v) is 10.3. The second kappa shape index (κ2) is 6.81. The van der Waals surface area contributed by atoms with Crippen LogP contribution in [0, 0.1) is 0 Å². The van der Waals surface area contributed by atoms with E-state index in [0.29, 0.717) is 18.0 Å². The van der Waals surface area contributed by atoms with Gasteiger partial charge in [0.2, 0.25) is 5.91 Å². The van der Waals surface area contributed by atoms with Crippen molar-refractivity contribution >= 4 is 45.7 Å². The predicted molar refractivity (Wildman–Crippen MR) is 100 cm³/mol. The lowest BCUT2D eigenvalue weighted by Crippen LogP contribution is -2.48. The first-order chi connectivity index (χ1) is 12.6. The smallest absolute Gasteiger partial charge is 0.323 e. The van der Waals surface area contributed by atoms with E-state index in [1.807, 2.05) is 22.9 Å². The van der Waals surface area contributed by atoms with Crippen molar-refractivity contribution in [2.24, 2.45) is 0 Å². The SMILES string of the molecule is O=C(CN1C(=O)NC2(CCCCC2)C1=O)Nc1nc(-c2cccs2)cs1. The molecule has 1 saturated heterocycles. The number of carbonyl (C=O) groups is 3. The van der Waals surface area contributed by atoms with E-state index in [9.17, 15) is 14.4 Å². The van der Waals surface area contributed by atoms with Crippen LogP contribution in [0.2, 0.25) is 0 Å². The van der Waals surface area contributed by atoms with Crippen LogP contribution in [-0.2, 0) is 9.59 Å². The molecular weight excluding hydrogens is 372 g/mol. The van der Waals surface area contributed by atoms with E-state index in [1.165, 1.54) is 11.3 Å². The average molecular weight is 390 g/mol. The standard InChI is InChI=1S/C17H18N4O3S2/c22-13(19-15-18-11(10-26-15)12-5-4-8-25-12)9-21-14(23)17(20-16(21)24)6-2-1-3-7-17/h4-5,8,10H,1-3,6-7,9H2,(H,20,24)(H,18,19,22). The number of hydrogen-bond acceptors (Lipinski definition) is 6. The summed E-state index contributed by atoms with van der Waals surface area (Å²) < 4.78 is 0. The van der Waals surface area contributed by atoms with E-state index in [1.54, 1.807) is 11.3 Å². The Morgan fingerprint density at radius 1 is 1.27 bits per heavy atom. The lowest BCUT2D eigenvalue weighted by Gasteiger charge is -2.30. The molecule has 0 unspecified atom stereocenters. The number of thiazole rings is 1. The Bertz CT molecular complexity index is 840. The van der Waals surface area contributed by atoms with E-state index in [2.05, 4.69) is 15.6 Å². The number of rotatable bonds is 4. The zero-order chi connectivity index (χ0) is 18.1. The lowest BCUT2D eigenvalue weighted by molar-refractivity contribution is -0.134. The second-order valence-electron chi connectivity index (χ2n) is 6.53. The number of amides is 4. The fraction of sp³-hybridized carbons (Fsp3) is 0.412. The van der Waals surface area contributed by atoms with E-state index in [0.717, 1.165) is 34.7 Å². The van der Waals surface area contributed by atoms with Gasteiger partial charge < -0.3 is 10.6 Å². The number of aromatic nitrogens is 1. The van der Waals surface area contributed by atoms with Crippen molar-refractivity contribution < 1.29 is 14.4 Å². The molecule has 4 amide bonds. The van der Waals surface area contributed by atoms with Crippen molar-refractivity contribution in [1.82, 2.24) is 15.2 Å². The molecule has 1 saturated carbocycles. The Balaban J connectivity index is 1.40. The fourth-order valence-corrected chi connectivity index (χ4v) is 4.97. The molecule has 2 aromatic rings. The molecule has 2 fully saturated rings. The van der Waals surface area contributed by atoms with Crippen molar-refractivity contribution in [1.29, 1.82) is 0 Å². The molecule has 1 spiro atoms. The first kappa shape index (κ1) is 17.2. The van der Waals surface area contributed by atoms with Crippen LogP contribution in [0.5, 0.6) is 0 Å². The fourth-order valence-electron chi connectivity index (χ4n) is 3.49. The topological polar surface area (TPSA) is 91.4 Å². The summed E-state index contributed by atoms with van der Waals surface area (Å²) in [5.41, 5.74) is -0.000176. The van der Waals surface area contributed by atoms with E-state index in [4.69, 9.17) is 0 Å². The molecule has 2 N–H and O–H groups in total. The van der Waals surface area contributed by atoms with Gasteiger partial charge in [-0.2, -0.15) is 0 Å². The van der Waals surface area contributed by atoms with Gasteiger partial charge in [0.15, 0.2) is 5.13 Å². The van der Waals surface area contributed by atoms with Gasteiger partial charge in [-0.05, 0) is 24.3 Å². The zero-order valence-corrected chi connectivity index (χ0v) is 15.6. The van der Waals surface area contributed by atoms with Crippen molar-refractivity contribution in [3.8, 4) is 10.6 Å². The number of nitrogens with one attached hydrogen (secondary N) is 2. The van der Waals surface area contributed by atoms with Gasteiger partial charge >= 0.3 is 6.03 Å². The van der Waals surface area contributed by atoms with Gasteiger partial charge in [-0.15, -0.1) is 22.7 Å². The summed E-state index contributed by atoms with van der Waals surface area (Å²) >= 11 is 2.89. The van der Waals surface area contributed by atoms with Crippen LogP contribution in [0.4, 0.5) is 9.93 Å². The highest BCUT2D eigenvalue weighted by molar-refractivity contribution is 7.16. The Kier molecular flexibility index (Phi) is 4.49. The summed E-state index contributed by atoms with van der Waals surface area (Å²) in [5.74, 6) is -0.704. The maximum Gasteiger partial charge on any atom is 0.325 e. The molecule has 26 heavy (non-hydrogen) atoms. The third-order valence-electron chi connectivity index (χ3n) is 4.78. The summed E-state index contributed by atoms with van der Waals surface area (Å²) in [5, 5.41) is 9.78. The molecule has 1 aliphatic carbocycles. The van der Waals surface area contributed by atoms with Crippen molar-refractivity contribution in [3.05, 3.63) is 22.9 Å². The van der Waals surface area contributed by atoms with E-state index in [-0.39, 0.29) is 12.5 Å². The van der Waals surface area contributed by atoms with Crippen LogP contribution in [0.25, 0.3) is 10.6 Å². The number of hydrogen-bond donors (Lipinski definition) is 2. The van der Waals surface area contributed by atoms with Gasteiger partial charge in [-0.1, -0.05) is 25.3 Å². The number of imide groups is 1. The first-order valence-electron chi connectivity index (χ1n) is 8.51. The summed E-state index contributed by atoms with van der Waals surface area (Å²) in [6.07, 6.45) is 4.19. The van der Waals surface area contributed by atoms with Crippen LogP contribution >= 0.6 is 22.7 Å². The zero-order valence-electron chi connectivity index (χ0n) is 14.0. The van der Waals surface area contributed by atoms with E-state index < -0.39 is 17.5 Å². The predicted octanol–water partition coefficient (Wildman–Crippen LogP) is 3.06. The highest BCUT2D eigenvalue weighted by Gasteiger charge is 2.51. The van der Waals surface area contributed by atoms with Gasteiger partial charge in [0.25, 0.3) is 5.91 Å². The van der Waals surface area contributed by atoms with Crippen LogP contribution in [0.15, 0.2) is 22.9 Å². The van der Waals surface area contributed by atoms with E-state index >= 15 is 0 Å². The minimum atomic E-state index is -0.802. The molecule has 7 nitrogen and oxygen atoms in total. The highest BCUT2D eigenvalue weighted by Crippen LogP contribution is 2.33. The minimum Gasteiger partial charge on any atom is -0.323 e. The number of thiophene rings is 1. The number of carbonyl (C=O) groups excluding carboxylic acids is 3. The normalized spacial score (nSPS) is 19.0. The molecule has 2 aliphatic rings. The number of urea groups is 1. The Hall–Kier alpha value is -2.26. The summed E-state index contributed by atoms with van der Waals surface area (Å²) in [7, 11) is 0. The molecule has 0 bridgehead atoms. The molecule has 0 radical (unpaired) electrons. The summed E-state index contributed by atoms with van der Waals surface area (Å²) in [6, 6.07) is 3.42. The molecule has 4 rings (SSSR count). The molecule has 9 heteroatoms. The summed E-state index contributed by atoms with van der Waals surface area (Å²) in [6.45, 7) is -0.291. The molecule has 0 aromatic carbocycles. The molecular formula is C17H18N4O3S2. The van der Waals surface area contributed by atoms with Gasteiger partial charge in [-0.25, -0.2) is 9.78 Å². The van der Waals surface area contributed by atoms with Crippen molar-refractivity contribution in [2.75, 3.05) is 11.9 Å². The van der Waals surface area contributed by atoms with Crippen LogP contribution in [-0.4, -0.2) is 39.8 Å². The largest absolute Gasteiger partial charge is 0.325 e. The molecule has 1 aliphatic heterocycles. The summed E-state index contributed by atoms with van der Waals surface area (Å²) in [4.78, 5) is 43.6. The molecule has 3 heterocycles. The van der Waals surface area contributed by atoms with Gasteiger partial charge in [0.05, 0.1) is 10.6 Å². The highest BCUT2D eigenvalue weighted by atomic mass is 32.1. The van der Waals surface area contributed by atoms with Crippen LogP contribution < -0.4 is 10.6 Å². The van der Waals surface area contributed by atoms with Crippen molar-refractivity contribution in [2.45, 2.75) is 37.6 Å². The average Bonchev–Trinajstić information content (AvgIpc) is 3.34. The lowest BCUT2D eigenvalue weighted by atomic mass is 9.82. The molecule has 0 atom stereocenters. The number of nitrogens with zero attached hydrogens (tertiary/aromatic N) is 2. The van der Waals surface area contributed by atoms with Crippen LogP contribution in [0.3, 0.4) is 0 Å². The van der Waals surface area contributed by atoms with Crippen molar-refractivity contribution in [3.63, 3.8) is 0 Å². The maximum atomic E-state index is 12.7. The Morgan fingerprint density at radius 3 is 2.81 bits per heavy atom. The Morgan fingerprint density at radius 2 is 2.08 bits per heavy atom.